The van der Waals surface area contributed by atoms with Crippen LogP contribution in [0.1, 0.15) is 35.6 Å². The normalized spacial score (nSPS) is 14.1. The molecule has 0 radical (unpaired) electrons. The first-order valence-electron chi connectivity index (χ1n) is 6.46. The standard InChI is InChI=1S/C16H19FN2/c1-11-4-5-14(10-15(11)17)16(18-3)12(2)13-6-8-19-9-7-13/h4-10,12,16,18H,1-3H3. The van der Waals surface area contributed by atoms with Gasteiger partial charge in [-0.2, -0.15) is 0 Å². The van der Waals surface area contributed by atoms with Crippen LogP contribution in [0.4, 0.5) is 4.39 Å². The first kappa shape index (κ1) is 13.7. The van der Waals surface area contributed by atoms with Crippen molar-refractivity contribution in [3.8, 4) is 0 Å². The Balaban J connectivity index is 2.31. The maximum Gasteiger partial charge on any atom is 0.126 e. The van der Waals surface area contributed by atoms with Crippen LogP contribution in [0.3, 0.4) is 0 Å². The van der Waals surface area contributed by atoms with E-state index in [1.807, 2.05) is 31.3 Å². The van der Waals surface area contributed by atoms with E-state index in [4.69, 9.17) is 0 Å². The van der Waals surface area contributed by atoms with Gasteiger partial charge in [-0.25, -0.2) is 4.39 Å². The van der Waals surface area contributed by atoms with Crippen LogP contribution in [-0.2, 0) is 0 Å². The zero-order chi connectivity index (χ0) is 13.8. The second kappa shape index (κ2) is 5.93. The third-order valence-corrected chi connectivity index (χ3v) is 3.60. The summed E-state index contributed by atoms with van der Waals surface area (Å²) in [6.45, 7) is 3.91. The Morgan fingerprint density at radius 2 is 1.79 bits per heavy atom. The molecule has 2 atom stereocenters. The fourth-order valence-electron chi connectivity index (χ4n) is 2.37. The van der Waals surface area contributed by atoms with E-state index in [-0.39, 0.29) is 17.8 Å². The van der Waals surface area contributed by atoms with Gasteiger partial charge in [-0.3, -0.25) is 4.98 Å². The van der Waals surface area contributed by atoms with E-state index in [9.17, 15) is 4.39 Å². The minimum absolute atomic E-state index is 0.0810. The molecule has 0 aliphatic carbocycles. The van der Waals surface area contributed by atoms with Gasteiger partial charge in [-0.15, -0.1) is 0 Å². The smallest absolute Gasteiger partial charge is 0.126 e. The Bertz CT molecular complexity index is 540. The van der Waals surface area contributed by atoms with Crippen LogP contribution >= 0.6 is 0 Å². The number of nitrogens with one attached hydrogen (secondary N) is 1. The zero-order valence-electron chi connectivity index (χ0n) is 11.5. The highest BCUT2D eigenvalue weighted by atomic mass is 19.1. The number of aryl methyl sites for hydroxylation is 1. The monoisotopic (exact) mass is 258 g/mol. The molecule has 2 aromatic rings. The van der Waals surface area contributed by atoms with E-state index in [0.717, 1.165) is 5.56 Å². The van der Waals surface area contributed by atoms with Crippen LogP contribution in [0.15, 0.2) is 42.7 Å². The largest absolute Gasteiger partial charge is 0.312 e. The quantitative estimate of drug-likeness (QED) is 0.906. The number of rotatable bonds is 4. The lowest BCUT2D eigenvalue weighted by Crippen LogP contribution is -2.22. The summed E-state index contributed by atoms with van der Waals surface area (Å²) in [5, 5.41) is 3.28. The molecule has 0 aliphatic heterocycles. The zero-order valence-corrected chi connectivity index (χ0v) is 11.5. The molecule has 0 amide bonds. The van der Waals surface area contributed by atoms with Gasteiger partial charge < -0.3 is 5.32 Å². The van der Waals surface area contributed by atoms with Gasteiger partial charge in [0.05, 0.1) is 0 Å². The van der Waals surface area contributed by atoms with Crippen molar-refractivity contribution < 1.29 is 4.39 Å². The third-order valence-electron chi connectivity index (χ3n) is 3.60. The number of hydrogen-bond donors (Lipinski definition) is 1. The summed E-state index contributed by atoms with van der Waals surface area (Å²) in [6, 6.07) is 9.51. The average Bonchev–Trinajstić information content (AvgIpc) is 2.44. The van der Waals surface area contributed by atoms with Crippen molar-refractivity contribution in [2.45, 2.75) is 25.8 Å². The van der Waals surface area contributed by atoms with Gasteiger partial charge in [0.2, 0.25) is 0 Å². The molecule has 2 nitrogen and oxygen atoms in total. The molecule has 1 aromatic carbocycles. The maximum absolute atomic E-state index is 13.7. The number of aromatic nitrogens is 1. The molecule has 0 bridgehead atoms. The van der Waals surface area contributed by atoms with Gasteiger partial charge in [0.15, 0.2) is 0 Å². The van der Waals surface area contributed by atoms with Crippen molar-refractivity contribution in [2.75, 3.05) is 7.05 Å². The fraction of sp³-hybridized carbons (Fsp3) is 0.312. The van der Waals surface area contributed by atoms with E-state index in [2.05, 4.69) is 17.2 Å². The van der Waals surface area contributed by atoms with Gasteiger partial charge in [-0.05, 0) is 48.9 Å². The predicted octanol–water partition coefficient (Wildman–Crippen LogP) is 3.59. The number of pyridine rings is 1. The molecule has 1 N–H and O–H groups in total. The van der Waals surface area contributed by atoms with Crippen LogP contribution < -0.4 is 5.32 Å². The molecule has 2 rings (SSSR count). The Labute approximate surface area is 113 Å². The average molecular weight is 258 g/mol. The lowest BCUT2D eigenvalue weighted by molar-refractivity contribution is 0.502. The maximum atomic E-state index is 13.7. The minimum Gasteiger partial charge on any atom is -0.312 e. The molecule has 0 saturated carbocycles. The van der Waals surface area contributed by atoms with E-state index < -0.39 is 0 Å². The molecular weight excluding hydrogens is 239 g/mol. The topological polar surface area (TPSA) is 24.9 Å². The highest BCUT2D eigenvalue weighted by Gasteiger charge is 2.19. The van der Waals surface area contributed by atoms with Crippen LogP contribution in [-0.4, -0.2) is 12.0 Å². The Kier molecular flexibility index (Phi) is 4.27. The molecule has 1 aromatic heterocycles. The summed E-state index contributed by atoms with van der Waals surface area (Å²) in [6.07, 6.45) is 3.57. The number of likely N-dealkylation sites (N-methyl/N-ethyl adjacent to an activating group) is 1. The first-order valence-corrected chi connectivity index (χ1v) is 6.46. The summed E-state index contributed by atoms with van der Waals surface area (Å²) >= 11 is 0. The number of nitrogens with zero attached hydrogens (tertiary/aromatic N) is 1. The molecule has 0 fully saturated rings. The Hall–Kier alpha value is -1.74. The molecule has 0 saturated heterocycles. The van der Waals surface area contributed by atoms with E-state index >= 15 is 0 Å². The van der Waals surface area contributed by atoms with E-state index in [1.54, 1.807) is 25.4 Å². The van der Waals surface area contributed by atoms with Crippen molar-refractivity contribution in [1.29, 1.82) is 0 Å². The van der Waals surface area contributed by atoms with Crippen molar-refractivity contribution in [1.82, 2.24) is 10.3 Å². The van der Waals surface area contributed by atoms with Crippen LogP contribution in [0, 0.1) is 12.7 Å². The summed E-state index contributed by atoms with van der Waals surface area (Å²) in [5.74, 6) is 0.0924. The molecule has 100 valence electrons. The second-order valence-corrected chi connectivity index (χ2v) is 4.84. The Morgan fingerprint density at radius 1 is 1.11 bits per heavy atom. The predicted molar refractivity (Wildman–Crippen MR) is 75.6 cm³/mol. The fourth-order valence-corrected chi connectivity index (χ4v) is 2.37. The van der Waals surface area contributed by atoms with E-state index in [1.165, 1.54) is 5.56 Å². The molecule has 3 heteroatoms. The lowest BCUT2D eigenvalue weighted by atomic mass is 9.89. The van der Waals surface area contributed by atoms with Crippen LogP contribution in [0.5, 0.6) is 0 Å². The van der Waals surface area contributed by atoms with Gasteiger partial charge in [0.25, 0.3) is 0 Å². The molecule has 2 unspecified atom stereocenters. The van der Waals surface area contributed by atoms with Crippen LogP contribution in [0.2, 0.25) is 0 Å². The third kappa shape index (κ3) is 2.99. The van der Waals surface area contributed by atoms with Gasteiger partial charge >= 0.3 is 0 Å². The van der Waals surface area contributed by atoms with Crippen molar-refractivity contribution in [3.63, 3.8) is 0 Å². The van der Waals surface area contributed by atoms with Crippen molar-refractivity contribution in [3.05, 3.63) is 65.2 Å². The highest BCUT2D eigenvalue weighted by molar-refractivity contribution is 5.29. The number of benzene rings is 1. The van der Waals surface area contributed by atoms with Crippen LogP contribution in [0.25, 0.3) is 0 Å². The minimum atomic E-state index is -0.153. The van der Waals surface area contributed by atoms with Gasteiger partial charge in [0, 0.05) is 24.4 Å². The van der Waals surface area contributed by atoms with Crippen molar-refractivity contribution >= 4 is 0 Å². The van der Waals surface area contributed by atoms with Gasteiger partial charge in [0.1, 0.15) is 5.82 Å². The molecule has 0 aliphatic rings. The molecule has 1 heterocycles. The Morgan fingerprint density at radius 3 is 2.37 bits per heavy atom. The molecular formula is C16H19FN2. The molecule has 19 heavy (non-hydrogen) atoms. The summed E-state index contributed by atoms with van der Waals surface area (Å²) < 4.78 is 13.7. The highest BCUT2D eigenvalue weighted by Crippen LogP contribution is 2.30. The molecule has 0 spiro atoms. The van der Waals surface area contributed by atoms with E-state index in [0.29, 0.717) is 5.56 Å². The summed E-state index contributed by atoms with van der Waals surface area (Å²) in [4.78, 5) is 4.03. The SMILES string of the molecule is CNC(c1ccc(C)c(F)c1)C(C)c1ccncc1. The summed E-state index contributed by atoms with van der Waals surface area (Å²) in [5.41, 5.74) is 2.83. The number of halogens is 1. The summed E-state index contributed by atoms with van der Waals surface area (Å²) in [7, 11) is 1.90. The number of hydrogen-bond acceptors (Lipinski definition) is 2. The first-order chi connectivity index (χ1) is 9.13. The van der Waals surface area contributed by atoms with Gasteiger partial charge in [-0.1, -0.05) is 19.1 Å². The lowest BCUT2D eigenvalue weighted by Gasteiger charge is -2.24. The second-order valence-electron chi connectivity index (χ2n) is 4.84. The van der Waals surface area contributed by atoms with Crippen molar-refractivity contribution in [2.24, 2.45) is 0 Å².